The lowest BCUT2D eigenvalue weighted by atomic mass is 10.4. The SMILES string of the molecule is COCNc1cccc(C)n1. The molecule has 3 nitrogen and oxygen atoms in total. The van der Waals surface area contributed by atoms with Gasteiger partial charge in [0.25, 0.3) is 0 Å². The van der Waals surface area contributed by atoms with Crippen LogP contribution >= 0.6 is 0 Å². The molecular weight excluding hydrogens is 140 g/mol. The normalized spacial score (nSPS) is 9.64. The first-order chi connectivity index (χ1) is 5.33. The summed E-state index contributed by atoms with van der Waals surface area (Å²) in [6.45, 7) is 2.45. The predicted octanol–water partition coefficient (Wildman–Crippen LogP) is 1.41. The second kappa shape index (κ2) is 3.93. The molecule has 0 atom stereocenters. The Morgan fingerprint density at radius 1 is 1.55 bits per heavy atom. The summed E-state index contributed by atoms with van der Waals surface area (Å²) in [4.78, 5) is 4.22. The molecule has 0 aliphatic carbocycles. The molecule has 60 valence electrons. The number of ether oxygens (including phenoxy) is 1. The lowest BCUT2D eigenvalue weighted by Crippen LogP contribution is -2.04. The van der Waals surface area contributed by atoms with Crippen LogP contribution in [0.25, 0.3) is 0 Å². The van der Waals surface area contributed by atoms with E-state index < -0.39 is 0 Å². The van der Waals surface area contributed by atoms with E-state index >= 15 is 0 Å². The van der Waals surface area contributed by atoms with E-state index in [0.717, 1.165) is 11.5 Å². The first-order valence-electron chi connectivity index (χ1n) is 3.49. The molecule has 1 N–H and O–H groups in total. The molecule has 0 aliphatic heterocycles. The van der Waals surface area contributed by atoms with Crippen molar-refractivity contribution in [2.45, 2.75) is 6.92 Å². The Hall–Kier alpha value is -1.09. The van der Waals surface area contributed by atoms with Crippen molar-refractivity contribution in [3.8, 4) is 0 Å². The van der Waals surface area contributed by atoms with E-state index in [1.165, 1.54) is 0 Å². The molecule has 0 aromatic carbocycles. The summed E-state index contributed by atoms with van der Waals surface area (Å²) in [5.74, 6) is 0.854. The van der Waals surface area contributed by atoms with Crippen LogP contribution in [0.2, 0.25) is 0 Å². The second-order valence-electron chi connectivity index (χ2n) is 2.27. The number of hydrogen-bond donors (Lipinski definition) is 1. The van der Waals surface area contributed by atoms with Crippen LogP contribution in [0.3, 0.4) is 0 Å². The van der Waals surface area contributed by atoms with Gasteiger partial charge in [-0.25, -0.2) is 4.98 Å². The molecule has 11 heavy (non-hydrogen) atoms. The molecule has 0 spiro atoms. The molecule has 0 saturated heterocycles. The van der Waals surface area contributed by atoms with Gasteiger partial charge in [-0.15, -0.1) is 0 Å². The number of aryl methyl sites for hydroxylation is 1. The van der Waals surface area contributed by atoms with Crippen LogP contribution in [0, 0.1) is 6.92 Å². The van der Waals surface area contributed by atoms with Crippen LogP contribution in [-0.2, 0) is 4.74 Å². The number of methoxy groups -OCH3 is 1. The van der Waals surface area contributed by atoms with Gasteiger partial charge in [0.15, 0.2) is 0 Å². The van der Waals surface area contributed by atoms with Gasteiger partial charge < -0.3 is 10.1 Å². The number of nitrogens with one attached hydrogen (secondary N) is 1. The van der Waals surface area contributed by atoms with Gasteiger partial charge in [-0.3, -0.25) is 0 Å². The van der Waals surface area contributed by atoms with Crippen LogP contribution in [0.5, 0.6) is 0 Å². The van der Waals surface area contributed by atoms with E-state index in [2.05, 4.69) is 10.3 Å². The van der Waals surface area contributed by atoms with Crippen LogP contribution in [0.15, 0.2) is 18.2 Å². The molecule has 0 aliphatic rings. The van der Waals surface area contributed by atoms with Crippen molar-refractivity contribution in [3.63, 3.8) is 0 Å². The van der Waals surface area contributed by atoms with Crippen LogP contribution in [0.1, 0.15) is 5.69 Å². The summed E-state index contributed by atoms with van der Waals surface area (Å²) in [6.07, 6.45) is 0. The third-order valence-corrected chi connectivity index (χ3v) is 1.29. The van der Waals surface area contributed by atoms with Crippen molar-refractivity contribution in [2.75, 3.05) is 19.2 Å². The monoisotopic (exact) mass is 152 g/mol. The quantitative estimate of drug-likeness (QED) is 0.665. The van der Waals surface area contributed by atoms with Crippen molar-refractivity contribution in [3.05, 3.63) is 23.9 Å². The molecule has 0 amide bonds. The highest BCUT2D eigenvalue weighted by atomic mass is 16.5. The maximum Gasteiger partial charge on any atom is 0.127 e. The number of aromatic nitrogens is 1. The minimum Gasteiger partial charge on any atom is -0.365 e. The highest BCUT2D eigenvalue weighted by Gasteiger charge is 1.90. The zero-order valence-electron chi connectivity index (χ0n) is 6.79. The van der Waals surface area contributed by atoms with Gasteiger partial charge in [-0.1, -0.05) is 6.07 Å². The number of rotatable bonds is 3. The van der Waals surface area contributed by atoms with E-state index in [0.29, 0.717) is 6.73 Å². The number of hydrogen-bond acceptors (Lipinski definition) is 3. The average molecular weight is 152 g/mol. The third kappa shape index (κ3) is 2.55. The molecule has 1 aromatic rings. The van der Waals surface area contributed by atoms with Crippen LogP contribution in [-0.4, -0.2) is 18.8 Å². The van der Waals surface area contributed by atoms with Crippen molar-refractivity contribution < 1.29 is 4.74 Å². The molecule has 0 bridgehead atoms. The van der Waals surface area contributed by atoms with Gasteiger partial charge in [-0.2, -0.15) is 0 Å². The van der Waals surface area contributed by atoms with Crippen LogP contribution in [0.4, 0.5) is 5.82 Å². The number of nitrogens with zero attached hydrogens (tertiary/aromatic N) is 1. The first kappa shape index (κ1) is 8.01. The summed E-state index contributed by atoms with van der Waals surface area (Å²) in [7, 11) is 1.64. The molecule has 0 unspecified atom stereocenters. The highest BCUT2D eigenvalue weighted by molar-refractivity contribution is 5.34. The number of pyridine rings is 1. The van der Waals surface area contributed by atoms with Crippen molar-refractivity contribution in [1.82, 2.24) is 4.98 Å². The van der Waals surface area contributed by atoms with E-state index in [9.17, 15) is 0 Å². The van der Waals surface area contributed by atoms with E-state index in [4.69, 9.17) is 4.74 Å². The minimum atomic E-state index is 0.496. The largest absolute Gasteiger partial charge is 0.365 e. The Labute approximate surface area is 66.4 Å². The molecule has 1 rings (SSSR count). The lowest BCUT2D eigenvalue weighted by molar-refractivity contribution is 0.221. The van der Waals surface area contributed by atoms with Gasteiger partial charge in [0.1, 0.15) is 12.5 Å². The smallest absolute Gasteiger partial charge is 0.127 e. The van der Waals surface area contributed by atoms with Crippen molar-refractivity contribution >= 4 is 5.82 Å². The molecule has 0 saturated carbocycles. The molecule has 0 fully saturated rings. The summed E-state index contributed by atoms with van der Waals surface area (Å²) < 4.78 is 4.83. The Kier molecular flexibility index (Phi) is 2.86. The second-order valence-corrected chi connectivity index (χ2v) is 2.27. The van der Waals surface area contributed by atoms with E-state index in [-0.39, 0.29) is 0 Å². The lowest BCUT2D eigenvalue weighted by Gasteiger charge is -2.03. The van der Waals surface area contributed by atoms with Crippen molar-refractivity contribution in [1.29, 1.82) is 0 Å². The topological polar surface area (TPSA) is 34.1 Å². The Morgan fingerprint density at radius 3 is 3.00 bits per heavy atom. The zero-order chi connectivity index (χ0) is 8.10. The zero-order valence-corrected chi connectivity index (χ0v) is 6.79. The summed E-state index contributed by atoms with van der Waals surface area (Å²) in [5.41, 5.74) is 1.01. The van der Waals surface area contributed by atoms with Gasteiger partial charge in [0, 0.05) is 12.8 Å². The predicted molar refractivity (Wildman–Crippen MR) is 44.5 cm³/mol. The molecule has 0 radical (unpaired) electrons. The fourth-order valence-electron chi connectivity index (χ4n) is 0.788. The van der Waals surface area contributed by atoms with Crippen molar-refractivity contribution in [2.24, 2.45) is 0 Å². The molecule has 3 heteroatoms. The van der Waals surface area contributed by atoms with Gasteiger partial charge in [0.2, 0.25) is 0 Å². The third-order valence-electron chi connectivity index (χ3n) is 1.29. The highest BCUT2D eigenvalue weighted by Crippen LogP contribution is 2.02. The Balaban J connectivity index is 2.56. The van der Waals surface area contributed by atoms with Gasteiger partial charge >= 0.3 is 0 Å². The molecular formula is C8H12N2O. The van der Waals surface area contributed by atoms with Gasteiger partial charge in [-0.05, 0) is 19.1 Å². The van der Waals surface area contributed by atoms with E-state index in [1.807, 2.05) is 25.1 Å². The first-order valence-corrected chi connectivity index (χ1v) is 3.49. The maximum atomic E-state index is 4.83. The fourth-order valence-corrected chi connectivity index (χ4v) is 0.788. The van der Waals surface area contributed by atoms with Gasteiger partial charge in [0.05, 0.1) is 0 Å². The molecule has 1 heterocycles. The van der Waals surface area contributed by atoms with E-state index in [1.54, 1.807) is 7.11 Å². The summed E-state index contributed by atoms with van der Waals surface area (Å²) >= 11 is 0. The van der Waals surface area contributed by atoms with Crippen LogP contribution < -0.4 is 5.32 Å². The average Bonchev–Trinajstić information content (AvgIpc) is 2.01. The Bertz CT molecular complexity index is 225. The minimum absolute atomic E-state index is 0.496. The summed E-state index contributed by atoms with van der Waals surface area (Å²) in [6, 6.07) is 5.82. The maximum absolute atomic E-state index is 4.83. The standard InChI is InChI=1S/C8H12N2O/c1-7-4-3-5-8(10-7)9-6-11-2/h3-5H,6H2,1-2H3,(H,9,10). The summed E-state index contributed by atoms with van der Waals surface area (Å²) in [5, 5.41) is 3.00. The number of anilines is 1. The Morgan fingerprint density at radius 2 is 2.36 bits per heavy atom. The molecule has 1 aromatic heterocycles. The fraction of sp³-hybridized carbons (Fsp3) is 0.375.